The Balaban J connectivity index is 2.29. The van der Waals surface area contributed by atoms with E-state index in [9.17, 15) is 14.9 Å². The van der Waals surface area contributed by atoms with Crippen LogP contribution in [0.1, 0.15) is 27.0 Å². The summed E-state index contributed by atoms with van der Waals surface area (Å²) in [4.78, 5) is 22.6. The number of amides is 1. The van der Waals surface area contributed by atoms with Crippen molar-refractivity contribution in [3.8, 4) is 0 Å². The third-order valence-electron chi connectivity index (χ3n) is 3.28. The molecule has 1 N–H and O–H groups in total. The molecule has 108 valence electrons. The van der Waals surface area contributed by atoms with Gasteiger partial charge in [-0.2, -0.15) is 0 Å². The van der Waals surface area contributed by atoms with Gasteiger partial charge < -0.3 is 5.32 Å². The Morgan fingerprint density at radius 1 is 1.05 bits per heavy atom. The summed E-state index contributed by atoms with van der Waals surface area (Å²) in [5, 5.41) is 13.6. The molecule has 0 bridgehead atoms. The molecule has 0 aliphatic rings. The summed E-state index contributed by atoms with van der Waals surface area (Å²) < 4.78 is 0. The van der Waals surface area contributed by atoms with E-state index in [1.165, 1.54) is 12.1 Å². The van der Waals surface area contributed by atoms with Gasteiger partial charge in [-0.25, -0.2) is 0 Å². The second kappa shape index (κ2) is 5.75. The van der Waals surface area contributed by atoms with Gasteiger partial charge in [0, 0.05) is 23.4 Å². The molecule has 0 unspecified atom stereocenters. The van der Waals surface area contributed by atoms with Crippen LogP contribution in [0.4, 0.5) is 11.4 Å². The number of non-ortho nitro benzene ring substituents is 1. The Kier molecular flexibility index (Phi) is 4.03. The molecule has 0 saturated carbocycles. The predicted octanol–water partition coefficient (Wildman–Crippen LogP) is 3.77. The number of aryl methyl sites for hydroxylation is 3. The number of carbonyl (C=O) groups is 1. The minimum Gasteiger partial charge on any atom is -0.321 e. The number of nitrogens with zero attached hydrogens (tertiary/aromatic N) is 1. The molecule has 2 aromatic carbocycles. The van der Waals surface area contributed by atoms with E-state index in [0.29, 0.717) is 22.4 Å². The average molecular weight is 284 g/mol. The smallest absolute Gasteiger partial charge is 0.270 e. The monoisotopic (exact) mass is 284 g/mol. The van der Waals surface area contributed by atoms with E-state index in [0.717, 1.165) is 5.56 Å². The Labute approximate surface area is 122 Å². The topological polar surface area (TPSA) is 72.2 Å². The minimum atomic E-state index is -0.439. The number of hydrogen-bond acceptors (Lipinski definition) is 3. The zero-order valence-corrected chi connectivity index (χ0v) is 12.1. The highest BCUT2D eigenvalue weighted by Gasteiger charge is 2.14. The van der Waals surface area contributed by atoms with E-state index >= 15 is 0 Å². The quantitative estimate of drug-likeness (QED) is 0.688. The van der Waals surface area contributed by atoms with E-state index in [4.69, 9.17) is 0 Å². The van der Waals surface area contributed by atoms with Gasteiger partial charge in [-0.1, -0.05) is 17.7 Å². The van der Waals surface area contributed by atoms with Gasteiger partial charge in [0.2, 0.25) is 0 Å². The molecule has 0 aliphatic heterocycles. The average Bonchev–Trinajstić information content (AvgIpc) is 2.43. The van der Waals surface area contributed by atoms with Gasteiger partial charge in [-0.05, 0) is 44.0 Å². The summed E-state index contributed by atoms with van der Waals surface area (Å²) in [6.45, 7) is 5.43. The molecule has 0 spiro atoms. The number of anilines is 1. The van der Waals surface area contributed by atoms with Crippen LogP contribution in [0.2, 0.25) is 0 Å². The normalized spacial score (nSPS) is 10.2. The van der Waals surface area contributed by atoms with Gasteiger partial charge >= 0.3 is 0 Å². The summed E-state index contributed by atoms with van der Waals surface area (Å²) in [5.74, 6) is -0.227. The molecule has 0 atom stereocenters. The first-order chi connectivity index (χ1) is 9.88. The third kappa shape index (κ3) is 3.25. The summed E-state index contributed by atoms with van der Waals surface area (Å²) >= 11 is 0. The predicted molar refractivity (Wildman–Crippen MR) is 81.7 cm³/mol. The van der Waals surface area contributed by atoms with Crippen molar-refractivity contribution in [1.29, 1.82) is 0 Å². The van der Waals surface area contributed by atoms with Crippen molar-refractivity contribution in [2.45, 2.75) is 20.8 Å². The molecule has 0 aromatic heterocycles. The standard InChI is InChI=1S/C16H16N2O3/c1-10-4-6-13(7-5-10)16(19)17-15-11(2)8-14(18(20)21)9-12(15)3/h4-9H,1-3H3,(H,17,19). The second-order valence-corrected chi connectivity index (χ2v) is 5.03. The lowest BCUT2D eigenvalue weighted by Crippen LogP contribution is -2.14. The summed E-state index contributed by atoms with van der Waals surface area (Å²) in [5.41, 5.74) is 3.61. The number of carbonyl (C=O) groups excluding carboxylic acids is 1. The van der Waals surface area contributed by atoms with Crippen molar-refractivity contribution >= 4 is 17.3 Å². The SMILES string of the molecule is Cc1ccc(C(=O)Nc2c(C)cc([N+](=O)[O-])cc2C)cc1. The summed E-state index contributed by atoms with van der Waals surface area (Å²) in [6.07, 6.45) is 0. The fourth-order valence-corrected chi connectivity index (χ4v) is 2.13. The highest BCUT2D eigenvalue weighted by molar-refractivity contribution is 6.05. The van der Waals surface area contributed by atoms with Crippen LogP contribution in [0.3, 0.4) is 0 Å². The zero-order chi connectivity index (χ0) is 15.6. The van der Waals surface area contributed by atoms with Crippen molar-refractivity contribution in [1.82, 2.24) is 0 Å². The Morgan fingerprint density at radius 2 is 1.57 bits per heavy atom. The van der Waals surface area contributed by atoms with E-state index < -0.39 is 4.92 Å². The first kappa shape index (κ1) is 14.7. The number of benzene rings is 2. The lowest BCUT2D eigenvalue weighted by atomic mass is 10.1. The number of rotatable bonds is 3. The van der Waals surface area contributed by atoms with Crippen LogP contribution < -0.4 is 5.32 Å². The van der Waals surface area contributed by atoms with Crippen LogP contribution in [0.15, 0.2) is 36.4 Å². The van der Waals surface area contributed by atoms with Gasteiger partial charge in [0.15, 0.2) is 0 Å². The highest BCUT2D eigenvalue weighted by Crippen LogP contribution is 2.26. The molecule has 0 radical (unpaired) electrons. The van der Waals surface area contributed by atoms with Crippen molar-refractivity contribution in [3.63, 3.8) is 0 Å². The van der Waals surface area contributed by atoms with E-state index in [1.54, 1.807) is 26.0 Å². The Hall–Kier alpha value is -2.69. The van der Waals surface area contributed by atoms with Crippen LogP contribution in [-0.4, -0.2) is 10.8 Å². The molecule has 0 fully saturated rings. The van der Waals surface area contributed by atoms with Gasteiger partial charge in [0.1, 0.15) is 0 Å². The molecule has 2 rings (SSSR count). The molecule has 5 heteroatoms. The van der Waals surface area contributed by atoms with Crippen molar-refractivity contribution in [3.05, 3.63) is 68.8 Å². The lowest BCUT2D eigenvalue weighted by Gasteiger charge is -2.11. The first-order valence-corrected chi connectivity index (χ1v) is 6.52. The van der Waals surface area contributed by atoms with Crippen LogP contribution >= 0.6 is 0 Å². The van der Waals surface area contributed by atoms with Gasteiger partial charge in [0.25, 0.3) is 11.6 Å². The molecule has 1 amide bonds. The summed E-state index contributed by atoms with van der Waals surface area (Å²) in [6, 6.07) is 10.1. The lowest BCUT2D eigenvalue weighted by molar-refractivity contribution is -0.384. The molecular weight excluding hydrogens is 268 g/mol. The summed E-state index contributed by atoms with van der Waals surface area (Å²) in [7, 11) is 0. The van der Waals surface area contributed by atoms with E-state index in [1.807, 2.05) is 19.1 Å². The van der Waals surface area contributed by atoms with Crippen LogP contribution in [0, 0.1) is 30.9 Å². The largest absolute Gasteiger partial charge is 0.321 e. The molecule has 2 aromatic rings. The number of nitrogens with one attached hydrogen (secondary N) is 1. The van der Waals surface area contributed by atoms with Crippen LogP contribution in [0.25, 0.3) is 0 Å². The van der Waals surface area contributed by atoms with E-state index in [2.05, 4.69) is 5.32 Å². The maximum absolute atomic E-state index is 12.2. The molecule has 0 aliphatic carbocycles. The molecule has 5 nitrogen and oxygen atoms in total. The maximum Gasteiger partial charge on any atom is 0.270 e. The fourth-order valence-electron chi connectivity index (χ4n) is 2.13. The second-order valence-electron chi connectivity index (χ2n) is 5.03. The highest BCUT2D eigenvalue weighted by atomic mass is 16.6. The molecular formula is C16H16N2O3. The Morgan fingerprint density at radius 3 is 2.05 bits per heavy atom. The number of nitro groups is 1. The van der Waals surface area contributed by atoms with Crippen LogP contribution in [0.5, 0.6) is 0 Å². The fraction of sp³-hybridized carbons (Fsp3) is 0.188. The minimum absolute atomic E-state index is 0.0262. The zero-order valence-electron chi connectivity index (χ0n) is 12.1. The van der Waals surface area contributed by atoms with Gasteiger partial charge in [-0.3, -0.25) is 14.9 Å². The maximum atomic E-state index is 12.2. The van der Waals surface area contributed by atoms with Crippen molar-refractivity contribution in [2.24, 2.45) is 0 Å². The van der Waals surface area contributed by atoms with Crippen molar-refractivity contribution in [2.75, 3.05) is 5.32 Å². The third-order valence-corrected chi connectivity index (χ3v) is 3.28. The first-order valence-electron chi connectivity index (χ1n) is 6.52. The van der Waals surface area contributed by atoms with E-state index in [-0.39, 0.29) is 11.6 Å². The molecule has 21 heavy (non-hydrogen) atoms. The molecule has 0 heterocycles. The molecule has 0 saturated heterocycles. The number of nitro benzene ring substituents is 1. The van der Waals surface area contributed by atoms with Crippen LogP contribution in [-0.2, 0) is 0 Å². The van der Waals surface area contributed by atoms with Gasteiger partial charge in [-0.15, -0.1) is 0 Å². The van der Waals surface area contributed by atoms with Gasteiger partial charge in [0.05, 0.1) is 4.92 Å². The van der Waals surface area contributed by atoms with Crippen molar-refractivity contribution < 1.29 is 9.72 Å². The Bertz CT molecular complexity index is 683. The number of hydrogen-bond donors (Lipinski definition) is 1.